The zero-order valence-corrected chi connectivity index (χ0v) is 13.2. The number of anilines is 1. The van der Waals surface area contributed by atoms with Gasteiger partial charge >= 0.3 is 0 Å². The van der Waals surface area contributed by atoms with Crippen LogP contribution >= 0.6 is 11.3 Å². The van der Waals surface area contributed by atoms with E-state index in [1.807, 2.05) is 6.07 Å². The fraction of sp³-hybridized carbons (Fsp3) is 0.0667. The molecule has 5 nitrogen and oxygen atoms in total. The Morgan fingerprint density at radius 2 is 2.14 bits per heavy atom. The number of hydrogen-bond donors (Lipinski definition) is 1. The first-order valence-electron chi connectivity index (χ1n) is 6.16. The number of allylic oxidation sites excluding steroid dienone is 1. The van der Waals surface area contributed by atoms with Gasteiger partial charge in [-0.25, -0.2) is 8.42 Å². The van der Waals surface area contributed by atoms with Gasteiger partial charge in [-0.1, -0.05) is 12.1 Å². The monoisotopic (exact) mass is 332 g/mol. The van der Waals surface area contributed by atoms with Crippen molar-refractivity contribution in [2.45, 2.75) is 0 Å². The second-order valence-electron chi connectivity index (χ2n) is 4.50. The molecule has 0 atom stereocenters. The Labute approximate surface area is 132 Å². The number of benzene rings is 1. The van der Waals surface area contributed by atoms with Crippen LogP contribution in [0.4, 0.5) is 5.69 Å². The minimum atomic E-state index is -3.38. The quantitative estimate of drug-likeness (QED) is 0.673. The summed E-state index contributed by atoms with van der Waals surface area (Å²) in [4.78, 5) is 12.9. The van der Waals surface area contributed by atoms with Crippen molar-refractivity contribution in [3.8, 4) is 6.07 Å². The average molecular weight is 332 g/mol. The highest BCUT2D eigenvalue weighted by Gasteiger charge is 2.06. The Morgan fingerprint density at radius 1 is 1.36 bits per heavy atom. The molecule has 1 aromatic heterocycles. The third-order valence-electron chi connectivity index (χ3n) is 2.60. The first kappa shape index (κ1) is 15.9. The van der Waals surface area contributed by atoms with Crippen LogP contribution in [-0.2, 0) is 10.0 Å². The lowest BCUT2D eigenvalue weighted by Crippen LogP contribution is -2.10. The molecule has 22 heavy (non-hydrogen) atoms. The van der Waals surface area contributed by atoms with Crippen molar-refractivity contribution in [3.63, 3.8) is 0 Å². The standard InChI is InChI=1S/C15H12N2O3S2/c1-22(19,20)17-13-4-2-3-12(8-13)15(18)6-5-14-7-11(9-16)10-21-14/h2-8,10,17H,1H3/b6-5+. The topological polar surface area (TPSA) is 87.0 Å². The van der Waals surface area contributed by atoms with Crippen molar-refractivity contribution in [1.82, 2.24) is 0 Å². The number of ketones is 1. The summed E-state index contributed by atoms with van der Waals surface area (Å²) in [5.41, 5.74) is 1.27. The first-order chi connectivity index (χ1) is 10.4. The molecular weight excluding hydrogens is 320 g/mol. The summed E-state index contributed by atoms with van der Waals surface area (Å²) in [5, 5.41) is 10.4. The molecule has 2 rings (SSSR count). The molecule has 0 unspecified atom stereocenters. The van der Waals surface area contributed by atoms with Crippen LogP contribution in [0.15, 0.2) is 41.8 Å². The molecule has 0 spiro atoms. The van der Waals surface area contributed by atoms with Gasteiger partial charge < -0.3 is 0 Å². The van der Waals surface area contributed by atoms with Gasteiger partial charge in [-0.05, 0) is 30.4 Å². The number of nitrogens with zero attached hydrogens (tertiary/aromatic N) is 1. The number of sulfonamides is 1. The number of carbonyl (C=O) groups excluding carboxylic acids is 1. The minimum Gasteiger partial charge on any atom is -0.289 e. The van der Waals surface area contributed by atoms with Gasteiger partial charge in [0.05, 0.1) is 11.8 Å². The fourth-order valence-electron chi connectivity index (χ4n) is 1.70. The van der Waals surface area contributed by atoms with Crippen LogP contribution in [0.2, 0.25) is 0 Å². The predicted octanol–water partition coefficient (Wildman–Crippen LogP) is 2.89. The van der Waals surface area contributed by atoms with E-state index in [4.69, 9.17) is 5.26 Å². The normalized spacial score (nSPS) is 11.3. The summed E-state index contributed by atoms with van der Waals surface area (Å²) in [7, 11) is -3.38. The highest BCUT2D eigenvalue weighted by molar-refractivity contribution is 7.92. The SMILES string of the molecule is CS(=O)(=O)Nc1cccc(C(=O)/C=C/c2cc(C#N)cs2)c1. The van der Waals surface area contributed by atoms with Crippen LogP contribution in [0.1, 0.15) is 20.8 Å². The third-order valence-corrected chi connectivity index (χ3v) is 4.10. The molecule has 1 N–H and O–H groups in total. The van der Waals surface area contributed by atoms with E-state index in [-0.39, 0.29) is 5.78 Å². The maximum Gasteiger partial charge on any atom is 0.229 e. The van der Waals surface area contributed by atoms with E-state index in [1.54, 1.807) is 35.7 Å². The first-order valence-corrected chi connectivity index (χ1v) is 8.93. The van der Waals surface area contributed by atoms with Crippen molar-refractivity contribution < 1.29 is 13.2 Å². The lowest BCUT2D eigenvalue weighted by molar-refractivity contribution is 0.104. The molecule has 0 aliphatic carbocycles. The summed E-state index contributed by atoms with van der Waals surface area (Å²) < 4.78 is 24.7. The van der Waals surface area contributed by atoms with E-state index in [2.05, 4.69) is 4.72 Å². The van der Waals surface area contributed by atoms with Crippen LogP contribution in [0.3, 0.4) is 0 Å². The second kappa shape index (κ2) is 6.56. The van der Waals surface area contributed by atoms with E-state index in [0.29, 0.717) is 16.8 Å². The van der Waals surface area contributed by atoms with Crippen LogP contribution < -0.4 is 4.72 Å². The molecule has 0 amide bonds. The Kier molecular flexibility index (Phi) is 4.75. The number of hydrogen-bond acceptors (Lipinski definition) is 5. The Hall–Kier alpha value is -2.43. The van der Waals surface area contributed by atoms with Gasteiger partial charge in [0.1, 0.15) is 6.07 Å². The summed E-state index contributed by atoms with van der Waals surface area (Å²) in [6.07, 6.45) is 4.07. The summed E-state index contributed by atoms with van der Waals surface area (Å²) >= 11 is 1.37. The van der Waals surface area contributed by atoms with Gasteiger partial charge in [-0.3, -0.25) is 9.52 Å². The lowest BCUT2D eigenvalue weighted by atomic mass is 10.1. The van der Waals surface area contributed by atoms with Crippen LogP contribution in [0, 0.1) is 11.3 Å². The number of rotatable bonds is 5. The third kappa shape index (κ3) is 4.55. The molecule has 1 heterocycles. The van der Waals surface area contributed by atoms with Crippen molar-refractivity contribution in [2.75, 3.05) is 11.0 Å². The molecule has 7 heteroatoms. The van der Waals surface area contributed by atoms with E-state index in [0.717, 1.165) is 11.1 Å². The number of nitriles is 1. The van der Waals surface area contributed by atoms with Gasteiger partial charge in [0.2, 0.25) is 10.0 Å². The highest BCUT2D eigenvalue weighted by Crippen LogP contribution is 2.17. The van der Waals surface area contributed by atoms with E-state index in [1.165, 1.54) is 23.5 Å². The minimum absolute atomic E-state index is 0.246. The van der Waals surface area contributed by atoms with Crippen molar-refractivity contribution in [2.24, 2.45) is 0 Å². The van der Waals surface area contributed by atoms with E-state index in [9.17, 15) is 13.2 Å². The van der Waals surface area contributed by atoms with Crippen LogP contribution in [-0.4, -0.2) is 20.5 Å². The number of nitrogens with one attached hydrogen (secondary N) is 1. The smallest absolute Gasteiger partial charge is 0.229 e. The number of thiophene rings is 1. The Bertz CT molecular complexity index is 874. The van der Waals surface area contributed by atoms with Gasteiger partial charge in [-0.2, -0.15) is 5.26 Å². The molecule has 0 bridgehead atoms. The zero-order valence-electron chi connectivity index (χ0n) is 11.6. The molecule has 0 fully saturated rings. The van der Waals surface area contributed by atoms with Gasteiger partial charge in [0, 0.05) is 21.5 Å². The predicted molar refractivity (Wildman–Crippen MR) is 87.3 cm³/mol. The highest BCUT2D eigenvalue weighted by atomic mass is 32.2. The molecule has 1 aromatic carbocycles. The molecule has 2 aromatic rings. The van der Waals surface area contributed by atoms with Gasteiger partial charge in [0.25, 0.3) is 0 Å². The van der Waals surface area contributed by atoms with Gasteiger partial charge in [0.15, 0.2) is 5.78 Å². The van der Waals surface area contributed by atoms with Gasteiger partial charge in [-0.15, -0.1) is 11.3 Å². The molecule has 0 saturated carbocycles. The zero-order chi connectivity index (χ0) is 16.2. The second-order valence-corrected chi connectivity index (χ2v) is 7.19. The maximum atomic E-state index is 12.1. The Morgan fingerprint density at radius 3 is 2.77 bits per heavy atom. The van der Waals surface area contributed by atoms with Crippen LogP contribution in [0.25, 0.3) is 6.08 Å². The molecular formula is C15H12N2O3S2. The summed E-state index contributed by atoms with van der Waals surface area (Å²) in [6.45, 7) is 0. The summed E-state index contributed by atoms with van der Waals surface area (Å²) in [6, 6.07) is 9.97. The van der Waals surface area contributed by atoms with E-state index >= 15 is 0 Å². The van der Waals surface area contributed by atoms with E-state index < -0.39 is 10.0 Å². The average Bonchev–Trinajstić information content (AvgIpc) is 2.91. The van der Waals surface area contributed by atoms with Crippen molar-refractivity contribution in [1.29, 1.82) is 5.26 Å². The Balaban J connectivity index is 2.16. The molecule has 112 valence electrons. The van der Waals surface area contributed by atoms with Crippen molar-refractivity contribution >= 4 is 38.9 Å². The lowest BCUT2D eigenvalue weighted by Gasteiger charge is -2.04. The molecule has 0 aliphatic heterocycles. The fourth-order valence-corrected chi connectivity index (χ4v) is 2.98. The molecule has 0 radical (unpaired) electrons. The molecule has 0 saturated heterocycles. The number of carbonyl (C=O) groups is 1. The summed E-state index contributed by atoms with van der Waals surface area (Å²) in [5.74, 6) is -0.246. The largest absolute Gasteiger partial charge is 0.289 e. The molecule has 0 aliphatic rings. The van der Waals surface area contributed by atoms with Crippen LogP contribution in [0.5, 0.6) is 0 Å². The van der Waals surface area contributed by atoms with Crippen molar-refractivity contribution in [3.05, 3.63) is 57.8 Å². The maximum absolute atomic E-state index is 12.1.